The van der Waals surface area contributed by atoms with Gasteiger partial charge < -0.3 is 4.98 Å². The van der Waals surface area contributed by atoms with Gasteiger partial charge in [-0.1, -0.05) is 35.2 Å². The molecule has 1 unspecified atom stereocenters. The van der Waals surface area contributed by atoms with Crippen LogP contribution in [0, 0.1) is 6.92 Å². The molecule has 0 saturated carbocycles. The van der Waals surface area contributed by atoms with Crippen molar-refractivity contribution < 1.29 is 4.79 Å². The highest BCUT2D eigenvalue weighted by atomic mass is 32.2. The SMILES string of the molecule is Cc1nnc(NC(=O)C(C)Sc2nc3ccccc3c(=O)[nH]2)s1. The molecule has 0 spiro atoms. The summed E-state index contributed by atoms with van der Waals surface area (Å²) in [5.74, 6) is -0.220. The van der Waals surface area contributed by atoms with E-state index in [1.54, 1.807) is 25.1 Å². The van der Waals surface area contributed by atoms with E-state index < -0.39 is 5.25 Å². The van der Waals surface area contributed by atoms with E-state index in [1.807, 2.05) is 13.0 Å². The lowest BCUT2D eigenvalue weighted by atomic mass is 10.2. The molecule has 3 rings (SSSR count). The van der Waals surface area contributed by atoms with Crippen LogP contribution in [-0.4, -0.2) is 31.3 Å². The molecular weight excluding hydrogens is 334 g/mol. The van der Waals surface area contributed by atoms with Crippen LogP contribution in [0.5, 0.6) is 0 Å². The van der Waals surface area contributed by atoms with Gasteiger partial charge in [0, 0.05) is 0 Å². The minimum Gasteiger partial charge on any atom is -0.301 e. The quantitative estimate of drug-likeness (QED) is 0.554. The molecule has 9 heteroatoms. The monoisotopic (exact) mass is 347 g/mol. The number of nitrogens with one attached hydrogen (secondary N) is 2. The number of benzene rings is 1. The molecule has 2 N–H and O–H groups in total. The number of carbonyl (C=O) groups is 1. The molecule has 1 amide bonds. The highest BCUT2D eigenvalue weighted by Crippen LogP contribution is 2.22. The van der Waals surface area contributed by atoms with Crippen molar-refractivity contribution in [3.63, 3.8) is 0 Å². The van der Waals surface area contributed by atoms with Crippen molar-refractivity contribution in [3.8, 4) is 0 Å². The summed E-state index contributed by atoms with van der Waals surface area (Å²) in [7, 11) is 0. The summed E-state index contributed by atoms with van der Waals surface area (Å²) in [5.41, 5.74) is 0.386. The van der Waals surface area contributed by atoms with Crippen molar-refractivity contribution in [2.24, 2.45) is 0 Å². The van der Waals surface area contributed by atoms with Crippen molar-refractivity contribution in [2.75, 3.05) is 5.32 Å². The Morgan fingerprint density at radius 3 is 2.87 bits per heavy atom. The molecule has 3 aromatic rings. The largest absolute Gasteiger partial charge is 0.301 e. The van der Waals surface area contributed by atoms with Gasteiger partial charge in [0.1, 0.15) is 5.01 Å². The first kappa shape index (κ1) is 15.6. The molecule has 23 heavy (non-hydrogen) atoms. The molecule has 0 aliphatic rings. The van der Waals surface area contributed by atoms with Crippen LogP contribution in [0.4, 0.5) is 5.13 Å². The third-order valence-electron chi connectivity index (χ3n) is 3.00. The van der Waals surface area contributed by atoms with Gasteiger partial charge in [-0.2, -0.15) is 0 Å². The predicted octanol–water partition coefficient (Wildman–Crippen LogP) is 2.20. The molecule has 7 nitrogen and oxygen atoms in total. The van der Waals surface area contributed by atoms with Crippen molar-refractivity contribution in [1.82, 2.24) is 20.2 Å². The zero-order valence-electron chi connectivity index (χ0n) is 12.4. The third-order valence-corrected chi connectivity index (χ3v) is 4.74. The Kier molecular flexibility index (Phi) is 4.39. The zero-order chi connectivity index (χ0) is 16.4. The zero-order valence-corrected chi connectivity index (χ0v) is 14.0. The first-order valence-corrected chi connectivity index (χ1v) is 8.49. The number of rotatable bonds is 4. The number of anilines is 1. The number of nitrogens with zero attached hydrogens (tertiary/aromatic N) is 3. The maximum Gasteiger partial charge on any atom is 0.259 e. The van der Waals surface area contributed by atoms with E-state index >= 15 is 0 Å². The number of aryl methyl sites for hydroxylation is 1. The Bertz CT molecular complexity index is 921. The van der Waals surface area contributed by atoms with Crippen LogP contribution in [0.1, 0.15) is 11.9 Å². The smallest absolute Gasteiger partial charge is 0.259 e. The first-order valence-electron chi connectivity index (χ1n) is 6.79. The van der Waals surface area contributed by atoms with Gasteiger partial charge in [0.2, 0.25) is 11.0 Å². The average molecular weight is 347 g/mol. The highest BCUT2D eigenvalue weighted by Gasteiger charge is 2.18. The Morgan fingerprint density at radius 1 is 1.35 bits per heavy atom. The Hall–Kier alpha value is -2.26. The molecule has 2 heterocycles. The molecule has 2 aromatic heterocycles. The van der Waals surface area contributed by atoms with E-state index in [1.165, 1.54) is 23.1 Å². The summed E-state index contributed by atoms with van der Waals surface area (Å²) in [4.78, 5) is 31.2. The van der Waals surface area contributed by atoms with Gasteiger partial charge in [0.05, 0.1) is 16.2 Å². The fourth-order valence-electron chi connectivity index (χ4n) is 1.90. The van der Waals surface area contributed by atoms with Crippen molar-refractivity contribution in [2.45, 2.75) is 24.3 Å². The van der Waals surface area contributed by atoms with Gasteiger partial charge in [-0.25, -0.2) is 4.98 Å². The summed E-state index contributed by atoms with van der Waals surface area (Å²) in [6, 6.07) is 7.08. The van der Waals surface area contributed by atoms with E-state index in [2.05, 4.69) is 25.5 Å². The number of H-pyrrole nitrogens is 1. The molecule has 1 aromatic carbocycles. The van der Waals surface area contributed by atoms with Gasteiger partial charge in [0.15, 0.2) is 5.16 Å². The fraction of sp³-hybridized carbons (Fsp3) is 0.214. The maximum absolute atomic E-state index is 12.2. The second-order valence-electron chi connectivity index (χ2n) is 4.76. The molecule has 0 saturated heterocycles. The molecule has 0 aliphatic heterocycles. The standard InChI is InChI=1S/C14H13N5O2S2/c1-7(11(20)16-14-19-18-8(2)23-14)22-13-15-10-6-4-3-5-9(10)12(21)17-13/h3-7H,1-2H3,(H,15,17,21)(H,16,19,20). The Labute approximate surface area is 139 Å². The number of thioether (sulfide) groups is 1. The molecule has 0 aliphatic carbocycles. The van der Waals surface area contributed by atoms with Crippen LogP contribution >= 0.6 is 23.1 Å². The topological polar surface area (TPSA) is 101 Å². The van der Waals surface area contributed by atoms with Crippen molar-refractivity contribution >= 4 is 45.0 Å². The van der Waals surface area contributed by atoms with Gasteiger partial charge in [-0.05, 0) is 26.0 Å². The maximum atomic E-state index is 12.2. The summed E-state index contributed by atoms with van der Waals surface area (Å²) in [6.45, 7) is 3.55. The van der Waals surface area contributed by atoms with Gasteiger partial charge in [0.25, 0.3) is 5.56 Å². The van der Waals surface area contributed by atoms with E-state index in [9.17, 15) is 9.59 Å². The number of aromatic amines is 1. The van der Waals surface area contributed by atoms with Crippen LogP contribution in [0.2, 0.25) is 0 Å². The van der Waals surface area contributed by atoms with Crippen LogP contribution in [0.25, 0.3) is 10.9 Å². The molecular formula is C14H13N5O2S2. The number of amides is 1. The van der Waals surface area contributed by atoms with Crippen molar-refractivity contribution in [1.29, 1.82) is 0 Å². The summed E-state index contributed by atoms with van der Waals surface area (Å²) < 4.78 is 0. The second kappa shape index (κ2) is 6.47. The van der Waals surface area contributed by atoms with E-state index in [0.29, 0.717) is 21.2 Å². The summed E-state index contributed by atoms with van der Waals surface area (Å²) in [6.07, 6.45) is 0. The lowest BCUT2D eigenvalue weighted by Crippen LogP contribution is -2.23. The van der Waals surface area contributed by atoms with E-state index in [-0.39, 0.29) is 11.5 Å². The number of aromatic nitrogens is 4. The highest BCUT2D eigenvalue weighted by molar-refractivity contribution is 8.00. The molecule has 0 fully saturated rings. The molecule has 0 radical (unpaired) electrons. The van der Waals surface area contributed by atoms with Crippen molar-refractivity contribution in [3.05, 3.63) is 39.6 Å². The van der Waals surface area contributed by atoms with Crippen LogP contribution in [-0.2, 0) is 4.79 Å². The first-order chi connectivity index (χ1) is 11.0. The van der Waals surface area contributed by atoms with Crippen LogP contribution < -0.4 is 10.9 Å². The number of hydrogen-bond donors (Lipinski definition) is 2. The second-order valence-corrected chi connectivity index (χ2v) is 7.27. The van der Waals surface area contributed by atoms with Gasteiger partial charge in [-0.3, -0.25) is 14.9 Å². The van der Waals surface area contributed by atoms with E-state index in [4.69, 9.17) is 0 Å². The van der Waals surface area contributed by atoms with Gasteiger partial charge >= 0.3 is 0 Å². The molecule has 1 atom stereocenters. The number of hydrogen-bond acceptors (Lipinski definition) is 7. The Balaban J connectivity index is 1.75. The minimum atomic E-state index is -0.441. The molecule has 0 bridgehead atoms. The number of carbonyl (C=O) groups excluding carboxylic acids is 1. The number of fused-ring (bicyclic) bond motifs is 1. The minimum absolute atomic E-state index is 0.217. The number of para-hydroxylation sites is 1. The lowest BCUT2D eigenvalue weighted by molar-refractivity contribution is -0.115. The van der Waals surface area contributed by atoms with Gasteiger partial charge in [-0.15, -0.1) is 10.2 Å². The normalized spacial score (nSPS) is 12.3. The Morgan fingerprint density at radius 2 is 2.13 bits per heavy atom. The average Bonchev–Trinajstić information content (AvgIpc) is 2.92. The fourth-order valence-corrected chi connectivity index (χ4v) is 3.29. The van der Waals surface area contributed by atoms with Crippen LogP contribution in [0.3, 0.4) is 0 Å². The third kappa shape index (κ3) is 3.57. The van der Waals surface area contributed by atoms with Crippen LogP contribution in [0.15, 0.2) is 34.2 Å². The lowest BCUT2D eigenvalue weighted by Gasteiger charge is -2.09. The summed E-state index contributed by atoms with van der Waals surface area (Å²) in [5, 5.41) is 12.1. The predicted molar refractivity (Wildman–Crippen MR) is 91.0 cm³/mol. The molecule has 118 valence electrons. The summed E-state index contributed by atoms with van der Waals surface area (Å²) >= 11 is 2.49. The van der Waals surface area contributed by atoms with E-state index in [0.717, 1.165) is 5.01 Å².